The third-order valence-corrected chi connectivity index (χ3v) is 12.1. The lowest BCUT2D eigenvalue weighted by molar-refractivity contribution is -0.161. The average Bonchev–Trinajstić information content (AvgIpc) is 3.32. The van der Waals surface area contributed by atoms with Crippen molar-refractivity contribution in [1.29, 1.82) is 0 Å². The summed E-state index contributed by atoms with van der Waals surface area (Å²) in [6, 6.07) is 0. The third-order valence-electron chi connectivity index (χ3n) is 11.1. The maximum Gasteiger partial charge on any atom is 0.472 e. The fourth-order valence-corrected chi connectivity index (χ4v) is 7.83. The van der Waals surface area contributed by atoms with Crippen LogP contribution in [0.4, 0.5) is 0 Å². The zero-order chi connectivity index (χ0) is 49.9. The first-order valence-electron chi connectivity index (χ1n) is 26.8. The van der Waals surface area contributed by atoms with Gasteiger partial charge < -0.3 is 24.2 Å². The summed E-state index contributed by atoms with van der Waals surface area (Å²) >= 11 is 0. The van der Waals surface area contributed by atoms with Gasteiger partial charge in [-0.25, -0.2) is 4.57 Å². The van der Waals surface area contributed by atoms with E-state index < -0.39 is 57.8 Å². The number of hydrogen-bond donors (Lipinski definition) is 2. The number of phosphoric ester groups is 1. The minimum atomic E-state index is -4.76. The molecule has 12 heteroatoms. The molecule has 3 unspecified atom stereocenters. The van der Waals surface area contributed by atoms with E-state index in [2.05, 4.69) is 81.5 Å². The van der Waals surface area contributed by atoms with Crippen molar-refractivity contribution in [2.24, 2.45) is 0 Å². The Labute approximate surface area is 414 Å². The van der Waals surface area contributed by atoms with Crippen molar-refractivity contribution in [2.75, 3.05) is 26.4 Å². The van der Waals surface area contributed by atoms with E-state index in [0.29, 0.717) is 19.3 Å². The van der Waals surface area contributed by atoms with E-state index in [0.717, 1.165) is 83.5 Å². The van der Waals surface area contributed by atoms with Crippen LogP contribution in [-0.4, -0.2) is 66.5 Å². The molecule has 0 spiro atoms. The number of phosphoric acid groups is 1. The molecule has 0 heterocycles. The van der Waals surface area contributed by atoms with Crippen LogP contribution >= 0.6 is 7.82 Å². The molecular formula is C56H97O11P. The molecule has 0 radical (unpaired) electrons. The van der Waals surface area contributed by atoms with Gasteiger partial charge in [0.2, 0.25) is 0 Å². The van der Waals surface area contributed by atoms with Crippen LogP contribution in [0.3, 0.4) is 0 Å². The number of carbonyl (C=O) groups is 3. The Balaban J connectivity index is 4.79. The molecule has 0 saturated carbocycles. The SMILES string of the molecule is CC/C=C\C/C=C\C/C=C\C/C=C\CCC(=O)OC(CO)COP(=O)(O)OCC(COC(=O)CCCCCCCCCCCCC)OC(=O)CCCCCCCCC/C=C\C/C=C\CCCCC. The predicted octanol–water partition coefficient (Wildman–Crippen LogP) is 15.4. The van der Waals surface area contributed by atoms with E-state index >= 15 is 0 Å². The van der Waals surface area contributed by atoms with Crippen molar-refractivity contribution in [3.8, 4) is 0 Å². The highest BCUT2D eigenvalue weighted by molar-refractivity contribution is 7.47. The van der Waals surface area contributed by atoms with Crippen LogP contribution in [0.25, 0.3) is 0 Å². The zero-order valence-corrected chi connectivity index (χ0v) is 43.9. The fraction of sp³-hybridized carbons (Fsp3) is 0.732. The summed E-state index contributed by atoms with van der Waals surface area (Å²) in [6.45, 7) is 4.40. The van der Waals surface area contributed by atoms with E-state index in [9.17, 15) is 28.9 Å². The highest BCUT2D eigenvalue weighted by atomic mass is 31.2. The third kappa shape index (κ3) is 48.0. The van der Waals surface area contributed by atoms with Gasteiger partial charge in [0, 0.05) is 19.3 Å². The summed E-state index contributed by atoms with van der Waals surface area (Å²) in [5, 5.41) is 9.76. The van der Waals surface area contributed by atoms with Gasteiger partial charge in [0.05, 0.1) is 19.8 Å². The molecule has 0 aromatic heterocycles. The van der Waals surface area contributed by atoms with Crippen LogP contribution in [0.15, 0.2) is 72.9 Å². The zero-order valence-electron chi connectivity index (χ0n) is 43.1. The quantitative estimate of drug-likeness (QED) is 0.0197. The predicted molar refractivity (Wildman–Crippen MR) is 279 cm³/mol. The molecule has 0 aromatic rings. The summed E-state index contributed by atoms with van der Waals surface area (Å²) in [5.41, 5.74) is 0. The van der Waals surface area contributed by atoms with Crippen molar-refractivity contribution in [1.82, 2.24) is 0 Å². The highest BCUT2D eigenvalue weighted by Crippen LogP contribution is 2.43. The largest absolute Gasteiger partial charge is 0.472 e. The molecule has 0 aromatic carbocycles. The van der Waals surface area contributed by atoms with Gasteiger partial charge in [-0.1, -0.05) is 203 Å². The second-order valence-electron chi connectivity index (χ2n) is 17.7. The number of carbonyl (C=O) groups excluding carboxylic acids is 3. The summed E-state index contributed by atoms with van der Waals surface area (Å²) in [5.74, 6) is -1.56. The lowest BCUT2D eigenvalue weighted by Crippen LogP contribution is -2.30. The van der Waals surface area contributed by atoms with Crippen LogP contribution in [0.5, 0.6) is 0 Å². The first kappa shape index (κ1) is 64.9. The van der Waals surface area contributed by atoms with Crippen LogP contribution in [0, 0.1) is 0 Å². The maximum atomic E-state index is 12.9. The maximum absolute atomic E-state index is 12.9. The highest BCUT2D eigenvalue weighted by Gasteiger charge is 2.28. The van der Waals surface area contributed by atoms with Gasteiger partial charge in [0.15, 0.2) is 6.10 Å². The van der Waals surface area contributed by atoms with Gasteiger partial charge in [0.25, 0.3) is 0 Å². The van der Waals surface area contributed by atoms with E-state index in [-0.39, 0.29) is 25.9 Å². The summed E-state index contributed by atoms with van der Waals surface area (Å²) in [6.07, 6.45) is 54.5. The fourth-order valence-electron chi connectivity index (χ4n) is 7.05. The number of esters is 3. The lowest BCUT2D eigenvalue weighted by Gasteiger charge is -2.21. The Hall–Kier alpha value is -3.08. The molecule has 0 aliphatic heterocycles. The monoisotopic (exact) mass is 977 g/mol. The number of unbranched alkanes of at least 4 members (excludes halogenated alkanes) is 20. The van der Waals surface area contributed by atoms with E-state index in [4.69, 9.17) is 23.3 Å². The van der Waals surface area contributed by atoms with Gasteiger partial charge in [-0.15, -0.1) is 0 Å². The number of aliphatic hydroxyl groups is 1. The Bertz CT molecular complexity index is 1420. The van der Waals surface area contributed by atoms with Gasteiger partial charge in [-0.2, -0.15) is 0 Å². The van der Waals surface area contributed by atoms with Crippen molar-refractivity contribution in [2.45, 2.75) is 238 Å². The van der Waals surface area contributed by atoms with Crippen molar-refractivity contribution in [3.63, 3.8) is 0 Å². The molecule has 0 bridgehead atoms. The molecule has 0 aliphatic rings. The molecule has 392 valence electrons. The molecule has 68 heavy (non-hydrogen) atoms. The van der Waals surface area contributed by atoms with Crippen LogP contribution in [-0.2, 0) is 42.2 Å². The standard InChI is InChI=1S/C56H97O11P/c1-4-7-10-13-16-19-22-24-25-26-27-29-32-35-38-41-44-47-56(60)67-53(49-63-54(58)45-42-39-36-33-30-21-18-15-12-9-6-3)51-65-68(61,62)64-50-52(48-57)66-55(59)46-43-40-37-34-31-28-23-20-17-14-11-8-5-2/h8,11,16-17,19-20,24-25,28,31,37,40,52-53,57H,4-7,9-10,12-15,18,21-23,26-27,29-30,32-36,38-39,41-51H2,1-3H3,(H,61,62)/b11-8-,19-16-,20-17-,25-24-,31-28-,40-37-. The lowest BCUT2D eigenvalue weighted by atomic mass is 10.1. The van der Waals surface area contributed by atoms with Crippen molar-refractivity contribution >= 4 is 25.7 Å². The molecular weight excluding hydrogens is 880 g/mol. The number of hydrogen-bond acceptors (Lipinski definition) is 10. The number of allylic oxidation sites excluding steroid dienone is 12. The van der Waals surface area contributed by atoms with Gasteiger partial charge >= 0.3 is 25.7 Å². The molecule has 0 aliphatic carbocycles. The minimum absolute atomic E-state index is 0.0545. The van der Waals surface area contributed by atoms with Crippen LogP contribution in [0.1, 0.15) is 226 Å². The van der Waals surface area contributed by atoms with Gasteiger partial charge in [-0.05, 0) is 77.0 Å². The van der Waals surface area contributed by atoms with Crippen molar-refractivity contribution in [3.05, 3.63) is 72.9 Å². The second kappa shape index (κ2) is 50.3. The summed E-state index contributed by atoms with van der Waals surface area (Å²) < 4.78 is 39.3. The first-order chi connectivity index (χ1) is 33.2. The Morgan fingerprint density at radius 3 is 1.29 bits per heavy atom. The average molecular weight is 977 g/mol. The number of rotatable bonds is 49. The van der Waals surface area contributed by atoms with Crippen LogP contribution in [0.2, 0.25) is 0 Å². The van der Waals surface area contributed by atoms with E-state index in [1.807, 2.05) is 12.2 Å². The summed E-state index contributed by atoms with van der Waals surface area (Å²) in [4.78, 5) is 48.3. The van der Waals surface area contributed by atoms with Gasteiger partial charge in [-0.3, -0.25) is 23.4 Å². The van der Waals surface area contributed by atoms with Gasteiger partial charge in [0.1, 0.15) is 12.7 Å². The van der Waals surface area contributed by atoms with E-state index in [1.165, 1.54) is 83.5 Å². The van der Waals surface area contributed by atoms with Crippen molar-refractivity contribution < 1.29 is 52.2 Å². The summed E-state index contributed by atoms with van der Waals surface area (Å²) in [7, 11) is -4.76. The smallest absolute Gasteiger partial charge is 0.462 e. The number of aliphatic hydroxyl groups excluding tert-OH is 1. The molecule has 2 N–H and O–H groups in total. The molecule has 0 saturated heterocycles. The van der Waals surface area contributed by atoms with Crippen LogP contribution < -0.4 is 0 Å². The molecule has 3 atom stereocenters. The molecule has 0 fully saturated rings. The number of ether oxygens (including phenoxy) is 3. The Morgan fingerprint density at radius 1 is 0.426 bits per heavy atom. The first-order valence-corrected chi connectivity index (χ1v) is 28.3. The normalized spacial score (nSPS) is 14.0. The Kier molecular flexibility index (Phi) is 48.0. The Morgan fingerprint density at radius 2 is 0.794 bits per heavy atom. The minimum Gasteiger partial charge on any atom is -0.462 e. The second-order valence-corrected chi connectivity index (χ2v) is 19.1. The topological polar surface area (TPSA) is 155 Å². The molecule has 11 nitrogen and oxygen atoms in total. The molecule has 0 amide bonds. The molecule has 0 rings (SSSR count). The van der Waals surface area contributed by atoms with E-state index in [1.54, 1.807) is 0 Å².